The summed E-state index contributed by atoms with van der Waals surface area (Å²) in [4.78, 5) is 28.0. The first-order valence-electron chi connectivity index (χ1n) is 11.2. The lowest BCUT2D eigenvalue weighted by molar-refractivity contribution is 0.0597. The number of esters is 1. The molecule has 0 fully saturated rings. The quantitative estimate of drug-likeness (QED) is 0.182. The fourth-order valence-electron chi connectivity index (χ4n) is 3.23. The predicted molar refractivity (Wildman–Crippen MR) is 126 cm³/mol. The molecule has 6 heteroatoms. The molecule has 1 N–H and O–H groups in total. The van der Waals surface area contributed by atoms with Crippen LogP contribution in [0.25, 0.3) is 0 Å². The molecule has 0 aliphatic carbocycles. The van der Waals surface area contributed by atoms with Crippen LogP contribution in [0.1, 0.15) is 64.8 Å². The van der Waals surface area contributed by atoms with E-state index in [2.05, 4.69) is 34.0 Å². The molecular formula is C26H33NO5. The lowest BCUT2D eigenvalue weighted by Gasteiger charge is -2.05. The molecule has 0 aliphatic rings. The number of nitrogens with zero attached hydrogens (tertiary/aromatic N) is 1. The third kappa shape index (κ3) is 9.43. The number of unbranched alkanes of at least 4 members (excludes halogenated alkanes) is 4. The molecule has 0 aromatic heterocycles. The van der Waals surface area contributed by atoms with Gasteiger partial charge in [-0.25, -0.2) is 4.79 Å². The number of carbonyl (C=O) groups is 2. The fourth-order valence-corrected chi connectivity index (χ4v) is 3.23. The molecule has 2 aromatic carbocycles. The molecule has 2 aromatic rings. The topological polar surface area (TPSA) is 85.2 Å². The number of phenols is 1. The summed E-state index contributed by atoms with van der Waals surface area (Å²) in [5, 5.41) is 9.70. The van der Waals surface area contributed by atoms with Crippen LogP contribution < -0.4 is 0 Å². The van der Waals surface area contributed by atoms with Gasteiger partial charge in [0.05, 0.1) is 13.3 Å². The number of carbonyl (C=O) groups excluding carboxylic acids is 2. The van der Waals surface area contributed by atoms with E-state index in [1.165, 1.54) is 37.1 Å². The van der Waals surface area contributed by atoms with E-state index >= 15 is 0 Å². The van der Waals surface area contributed by atoms with Gasteiger partial charge in [-0.2, -0.15) is 0 Å². The smallest absolute Gasteiger partial charge is 0.341 e. The van der Waals surface area contributed by atoms with Crippen LogP contribution in [0.5, 0.6) is 5.75 Å². The van der Waals surface area contributed by atoms with Crippen LogP contribution in [-0.4, -0.2) is 49.9 Å². The van der Waals surface area contributed by atoms with Gasteiger partial charge in [-0.15, -0.1) is 0 Å². The Morgan fingerprint density at radius 2 is 1.66 bits per heavy atom. The first kappa shape index (κ1) is 25.3. The van der Waals surface area contributed by atoms with E-state index < -0.39 is 5.97 Å². The van der Waals surface area contributed by atoms with Gasteiger partial charge in [0.15, 0.2) is 0 Å². The number of ether oxygens (including phenoxy) is 2. The van der Waals surface area contributed by atoms with Gasteiger partial charge in [-0.05, 0) is 55.9 Å². The number of aliphatic imine (C=N–C) groups is 1. The number of ketones is 1. The average molecular weight is 440 g/mol. The number of aryl methyl sites for hydroxylation is 1. The average Bonchev–Trinajstić information content (AvgIpc) is 2.82. The summed E-state index contributed by atoms with van der Waals surface area (Å²) in [7, 11) is 1.22. The number of hydrogen-bond acceptors (Lipinski definition) is 6. The second-order valence-corrected chi connectivity index (χ2v) is 7.59. The number of phenolic OH excluding ortho intramolecular Hbond substituents is 1. The van der Waals surface area contributed by atoms with Crippen LogP contribution in [0.4, 0.5) is 0 Å². The minimum atomic E-state index is -0.690. The maximum atomic E-state index is 12.2. The van der Waals surface area contributed by atoms with Crippen LogP contribution in [0.2, 0.25) is 0 Å². The molecule has 172 valence electrons. The maximum absolute atomic E-state index is 12.2. The molecule has 2 rings (SSSR count). The molecule has 0 bridgehead atoms. The van der Waals surface area contributed by atoms with Crippen molar-refractivity contribution in [3.63, 3.8) is 0 Å². The highest BCUT2D eigenvalue weighted by molar-refractivity contribution is 6.35. The van der Waals surface area contributed by atoms with Crippen molar-refractivity contribution in [1.29, 1.82) is 0 Å². The normalized spacial score (nSPS) is 11.0. The van der Waals surface area contributed by atoms with E-state index in [1.54, 1.807) is 0 Å². The van der Waals surface area contributed by atoms with Crippen LogP contribution in [0.15, 0.2) is 53.5 Å². The molecular weight excluding hydrogens is 406 g/mol. The Kier molecular flexibility index (Phi) is 11.8. The minimum absolute atomic E-state index is 0.0369. The maximum Gasteiger partial charge on any atom is 0.341 e. The molecule has 0 saturated carbocycles. The molecule has 6 nitrogen and oxygen atoms in total. The van der Waals surface area contributed by atoms with Crippen LogP contribution >= 0.6 is 0 Å². The van der Waals surface area contributed by atoms with Gasteiger partial charge in [-0.1, -0.05) is 43.2 Å². The predicted octanol–water partition coefficient (Wildman–Crippen LogP) is 5.03. The second kappa shape index (κ2) is 14.9. The summed E-state index contributed by atoms with van der Waals surface area (Å²) < 4.78 is 10.3. The number of methoxy groups -OCH3 is 1. The first-order chi connectivity index (χ1) is 15.6. The molecule has 0 unspecified atom stereocenters. The Labute approximate surface area is 190 Å². The van der Waals surface area contributed by atoms with Crippen LogP contribution in [-0.2, 0) is 15.9 Å². The second-order valence-electron chi connectivity index (χ2n) is 7.59. The van der Waals surface area contributed by atoms with Crippen molar-refractivity contribution < 1.29 is 24.2 Å². The summed E-state index contributed by atoms with van der Waals surface area (Å²) in [6, 6.07) is 14.6. The van der Waals surface area contributed by atoms with Gasteiger partial charge in [0, 0.05) is 25.3 Å². The van der Waals surface area contributed by atoms with Gasteiger partial charge < -0.3 is 14.6 Å². The Hall–Kier alpha value is -2.99. The Bertz CT molecular complexity index is 864. The van der Waals surface area contributed by atoms with Gasteiger partial charge in [0.1, 0.15) is 11.3 Å². The molecule has 0 radical (unpaired) electrons. The van der Waals surface area contributed by atoms with E-state index in [0.717, 1.165) is 58.2 Å². The molecule has 32 heavy (non-hydrogen) atoms. The largest absolute Gasteiger partial charge is 0.507 e. The van der Waals surface area contributed by atoms with E-state index in [0.29, 0.717) is 6.54 Å². The highest BCUT2D eigenvalue weighted by Gasteiger charge is 2.14. The minimum Gasteiger partial charge on any atom is -0.507 e. The van der Waals surface area contributed by atoms with Crippen molar-refractivity contribution in [3.8, 4) is 5.75 Å². The summed E-state index contributed by atoms with van der Waals surface area (Å²) in [6.07, 6.45) is 8.66. The number of rotatable bonds is 15. The monoisotopic (exact) mass is 439 g/mol. The summed E-state index contributed by atoms with van der Waals surface area (Å²) >= 11 is 0. The van der Waals surface area contributed by atoms with Crippen LogP contribution in [0, 0.1) is 0 Å². The fraction of sp³-hybridized carbons (Fsp3) is 0.423. The molecule has 0 heterocycles. The van der Waals surface area contributed by atoms with Crippen molar-refractivity contribution in [2.75, 3.05) is 26.9 Å². The molecule has 0 amide bonds. The lowest BCUT2D eigenvalue weighted by atomic mass is 10.1. The van der Waals surface area contributed by atoms with Crippen LogP contribution in [0.3, 0.4) is 0 Å². The Balaban J connectivity index is 1.49. The third-order valence-corrected chi connectivity index (χ3v) is 5.07. The third-order valence-electron chi connectivity index (χ3n) is 5.07. The molecule has 0 saturated heterocycles. The van der Waals surface area contributed by atoms with Crippen molar-refractivity contribution >= 4 is 18.0 Å². The van der Waals surface area contributed by atoms with Gasteiger partial charge >= 0.3 is 5.97 Å². The summed E-state index contributed by atoms with van der Waals surface area (Å²) in [6.45, 7) is 2.18. The first-order valence-corrected chi connectivity index (χ1v) is 11.2. The van der Waals surface area contributed by atoms with Gasteiger partial charge in [-0.3, -0.25) is 9.79 Å². The highest BCUT2D eigenvalue weighted by Crippen LogP contribution is 2.19. The Morgan fingerprint density at radius 1 is 0.938 bits per heavy atom. The zero-order chi connectivity index (χ0) is 23.0. The van der Waals surface area contributed by atoms with E-state index in [9.17, 15) is 14.7 Å². The molecule has 0 aliphatic heterocycles. The number of hydrogen-bond donors (Lipinski definition) is 1. The van der Waals surface area contributed by atoms with Gasteiger partial charge in [0.25, 0.3) is 0 Å². The number of aromatic hydroxyl groups is 1. The molecule has 0 atom stereocenters. The van der Waals surface area contributed by atoms with Crippen molar-refractivity contribution in [2.24, 2.45) is 4.99 Å². The van der Waals surface area contributed by atoms with E-state index in [1.807, 2.05) is 6.07 Å². The van der Waals surface area contributed by atoms with Crippen molar-refractivity contribution in [1.82, 2.24) is 0 Å². The van der Waals surface area contributed by atoms with Crippen molar-refractivity contribution in [2.45, 2.75) is 44.9 Å². The Morgan fingerprint density at radius 3 is 2.41 bits per heavy atom. The zero-order valence-electron chi connectivity index (χ0n) is 18.8. The van der Waals surface area contributed by atoms with E-state index in [4.69, 9.17) is 4.74 Å². The zero-order valence-corrected chi connectivity index (χ0v) is 18.8. The van der Waals surface area contributed by atoms with Crippen molar-refractivity contribution in [3.05, 3.63) is 65.2 Å². The number of Topliss-reactive ketones (excluding diaryl/α,β-unsaturated/α-hetero) is 1. The lowest BCUT2D eigenvalue weighted by Crippen LogP contribution is -2.06. The summed E-state index contributed by atoms with van der Waals surface area (Å²) in [5.41, 5.74) is 1.63. The summed E-state index contributed by atoms with van der Waals surface area (Å²) in [5.74, 6) is -1.22. The standard InChI is InChI=1S/C26H33NO5/c1-31-26(30)23-19-22(14-15-24(23)28)25(29)20-27-16-8-2-3-9-17-32-18-10-7-13-21-11-5-4-6-12-21/h4-6,11-12,14-15,19-20,28H,2-3,7-10,13,16-18H2,1H3. The van der Waals surface area contributed by atoms with Gasteiger partial charge in [0.2, 0.25) is 5.78 Å². The van der Waals surface area contributed by atoms with E-state index in [-0.39, 0.29) is 22.7 Å². The highest BCUT2D eigenvalue weighted by atomic mass is 16.5. The molecule has 0 spiro atoms. The number of benzene rings is 2. The SMILES string of the molecule is COC(=O)c1cc(C(=O)C=NCCCCCCOCCCCc2ccccc2)ccc1O.